The van der Waals surface area contributed by atoms with Gasteiger partial charge in [-0.05, 0) is 18.3 Å². The number of ether oxygens (including phenoxy) is 1. The summed E-state index contributed by atoms with van der Waals surface area (Å²) in [5, 5.41) is 13.7. The molecular formula is C15H22N2O4. The van der Waals surface area contributed by atoms with Crippen LogP contribution in [0.4, 0.5) is 0 Å². The molecule has 2 aliphatic rings. The Labute approximate surface area is 124 Å². The number of hydrogen-bond acceptors (Lipinski definition) is 5. The van der Waals surface area contributed by atoms with Gasteiger partial charge >= 0.3 is 5.97 Å². The quantitative estimate of drug-likeness (QED) is 0.911. The summed E-state index contributed by atoms with van der Waals surface area (Å²) in [6.45, 7) is 7.04. The highest BCUT2D eigenvalue weighted by molar-refractivity contribution is 5.76. The summed E-state index contributed by atoms with van der Waals surface area (Å²) in [6.07, 6.45) is 0.816. The van der Waals surface area contributed by atoms with Gasteiger partial charge in [0, 0.05) is 25.8 Å². The summed E-state index contributed by atoms with van der Waals surface area (Å²) in [5.41, 5.74) is 0.192. The van der Waals surface area contributed by atoms with Gasteiger partial charge in [-0.15, -0.1) is 0 Å². The standard InChI is InChI=1S/C15H22N2O4/c1-10(2)13-5-12(21-16-13)7-17-6-11-3-4-20-9-15(11,8-17)14(18)19/h5,10-11H,3-4,6-9H2,1-2H3,(H,18,19)/t11-,15+/m0/s1. The van der Waals surface area contributed by atoms with Gasteiger partial charge in [0.2, 0.25) is 0 Å². The fourth-order valence-electron chi connectivity index (χ4n) is 3.41. The smallest absolute Gasteiger partial charge is 0.313 e. The Kier molecular flexibility index (Phi) is 3.75. The van der Waals surface area contributed by atoms with Crippen molar-refractivity contribution in [2.75, 3.05) is 26.3 Å². The SMILES string of the molecule is CC(C)c1cc(CN2C[C@@H]3CCOC[C@]3(C(=O)O)C2)on1. The topological polar surface area (TPSA) is 75.8 Å². The number of carboxylic acid groups (broad SMARTS) is 1. The Morgan fingerprint density at radius 2 is 2.43 bits per heavy atom. The van der Waals surface area contributed by atoms with Gasteiger partial charge in [-0.1, -0.05) is 19.0 Å². The largest absolute Gasteiger partial charge is 0.481 e. The first-order valence-electron chi connectivity index (χ1n) is 7.50. The monoisotopic (exact) mass is 294 g/mol. The number of fused-ring (bicyclic) bond motifs is 1. The summed E-state index contributed by atoms with van der Waals surface area (Å²) in [5.74, 6) is 0.563. The van der Waals surface area contributed by atoms with E-state index < -0.39 is 11.4 Å². The molecule has 1 aromatic rings. The highest BCUT2D eigenvalue weighted by Gasteiger charge is 2.54. The maximum atomic E-state index is 11.7. The van der Waals surface area contributed by atoms with Gasteiger partial charge in [-0.25, -0.2) is 0 Å². The maximum absolute atomic E-state index is 11.7. The molecule has 116 valence electrons. The van der Waals surface area contributed by atoms with Gasteiger partial charge in [0.05, 0.1) is 18.8 Å². The molecule has 0 radical (unpaired) electrons. The summed E-state index contributed by atoms with van der Waals surface area (Å²) in [6, 6.07) is 1.97. The molecule has 1 N–H and O–H groups in total. The molecule has 6 nitrogen and oxygen atoms in total. The van der Waals surface area contributed by atoms with Crippen LogP contribution in [0, 0.1) is 11.3 Å². The van der Waals surface area contributed by atoms with Crippen molar-refractivity contribution in [2.24, 2.45) is 11.3 Å². The zero-order valence-corrected chi connectivity index (χ0v) is 12.5. The molecule has 0 aliphatic carbocycles. The number of hydrogen-bond donors (Lipinski definition) is 1. The molecule has 3 heterocycles. The van der Waals surface area contributed by atoms with E-state index in [9.17, 15) is 9.90 Å². The lowest BCUT2D eigenvalue weighted by Crippen LogP contribution is -2.46. The van der Waals surface area contributed by atoms with Crippen LogP contribution in [0.3, 0.4) is 0 Å². The van der Waals surface area contributed by atoms with Crippen molar-refractivity contribution in [3.8, 4) is 0 Å². The molecule has 0 amide bonds. The third kappa shape index (κ3) is 2.58. The lowest BCUT2D eigenvalue weighted by Gasteiger charge is -2.34. The van der Waals surface area contributed by atoms with E-state index in [1.807, 2.05) is 6.07 Å². The van der Waals surface area contributed by atoms with E-state index >= 15 is 0 Å². The van der Waals surface area contributed by atoms with Gasteiger partial charge in [0.25, 0.3) is 0 Å². The van der Waals surface area contributed by atoms with Crippen LogP contribution in [-0.4, -0.2) is 47.4 Å². The first-order chi connectivity index (χ1) is 10.0. The van der Waals surface area contributed by atoms with Gasteiger partial charge in [-0.2, -0.15) is 0 Å². The zero-order chi connectivity index (χ0) is 15.0. The number of aliphatic carboxylic acids is 1. The maximum Gasteiger partial charge on any atom is 0.313 e. The van der Waals surface area contributed by atoms with Crippen molar-refractivity contribution < 1.29 is 19.2 Å². The fourth-order valence-corrected chi connectivity index (χ4v) is 3.41. The first kappa shape index (κ1) is 14.5. The third-order valence-corrected chi connectivity index (χ3v) is 4.71. The molecule has 2 atom stereocenters. The van der Waals surface area contributed by atoms with Crippen LogP contribution in [0.1, 0.15) is 37.6 Å². The predicted octanol–water partition coefficient (Wildman–Crippen LogP) is 1.72. The van der Waals surface area contributed by atoms with Crippen molar-refractivity contribution in [1.29, 1.82) is 0 Å². The van der Waals surface area contributed by atoms with E-state index in [4.69, 9.17) is 9.26 Å². The average Bonchev–Trinajstić information content (AvgIpc) is 3.03. The van der Waals surface area contributed by atoms with E-state index in [1.54, 1.807) is 0 Å². The van der Waals surface area contributed by atoms with Crippen LogP contribution in [0.5, 0.6) is 0 Å². The van der Waals surface area contributed by atoms with Crippen molar-refractivity contribution in [3.05, 3.63) is 17.5 Å². The van der Waals surface area contributed by atoms with E-state index in [2.05, 4.69) is 23.9 Å². The molecule has 0 spiro atoms. The molecule has 3 rings (SSSR count). The average molecular weight is 294 g/mol. The molecule has 0 saturated carbocycles. The van der Waals surface area contributed by atoms with E-state index in [0.29, 0.717) is 32.2 Å². The number of aromatic nitrogens is 1. The van der Waals surface area contributed by atoms with E-state index in [-0.39, 0.29) is 5.92 Å². The van der Waals surface area contributed by atoms with E-state index in [0.717, 1.165) is 24.4 Å². The highest BCUT2D eigenvalue weighted by Crippen LogP contribution is 2.42. The minimum absolute atomic E-state index is 0.163. The summed E-state index contributed by atoms with van der Waals surface area (Å²) >= 11 is 0. The Morgan fingerprint density at radius 1 is 1.62 bits per heavy atom. The second kappa shape index (κ2) is 5.42. The normalized spacial score (nSPS) is 29.8. The first-order valence-corrected chi connectivity index (χ1v) is 7.50. The molecule has 0 unspecified atom stereocenters. The second-order valence-corrected chi connectivity index (χ2v) is 6.54. The Bertz CT molecular complexity index is 527. The molecule has 2 saturated heterocycles. The molecule has 2 fully saturated rings. The third-order valence-electron chi connectivity index (χ3n) is 4.71. The van der Waals surface area contributed by atoms with Gasteiger partial charge in [-0.3, -0.25) is 9.69 Å². The molecular weight excluding hydrogens is 272 g/mol. The number of carbonyl (C=O) groups is 1. The van der Waals surface area contributed by atoms with E-state index in [1.165, 1.54) is 0 Å². The van der Waals surface area contributed by atoms with Gasteiger partial charge in [0.1, 0.15) is 5.41 Å². The lowest BCUT2D eigenvalue weighted by molar-refractivity contribution is -0.159. The number of carboxylic acids is 1. The summed E-state index contributed by atoms with van der Waals surface area (Å²) in [4.78, 5) is 13.9. The summed E-state index contributed by atoms with van der Waals surface area (Å²) < 4.78 is 10.8. The fraction of sp³-hybridized carbons (Fsp3) is 0.733. The molecule has 0 aromatic carbocycles. The van der Waals surface area contributed by atoms with Crippen LogP contribution in [0.15, 0.2) is 10.6 Å². The van der Waals surface area contributed by atoms with Crippen molar-refractivity contribution >= 4 is 5.97 Å². The highest BCUT2D eigenvalue weighted by atomic mass is 16.5. The lowest BCUT2D eigenvalue weighted by atomic mass is 9.76. The van der Waals surface area contributed by atoms with Gasteiger partial charge in [0.15, 0.2) is 5.76 Å². The number of nitrogens with zero attached hydrogens (tertiary/aromatic N) is 2. The number of rotatable bonds is 4. The Hall–Kier alpha value is -1.40. The van der Waals surface area contributed by atoms with Crippen LogP contribution in [-0.2, 0) is 16.1 Å². The molecule has 0 bridgehead atoms. The van der Waals surface area contributed by atoms with Crippen molar-refractivity contribution in [2.45, 2.75) is 32.7 Å². The van der Waals surface area contributed by atoms with Crippen LogP contribution in [0.25, 0.3) is 0 Å². The second-order valence-electron chi connectivity index (χ2n) is 6.54. The Morgan fingerprint density at radius 3 is 3.05 bits per heavy atom. The predicted molar refractivity (Wildman–Crippen MR) is 74.9 cm³/mol. The van der Waals surface area contributed by atoms with Crippen LogP contribution < -0.4 is 0 Å². The summed E-state index contributed by atoms with van der Waals surface area (Å²) in [7, 11) is 0. The minimum atomic E-state index is -0.751. The molecule has 2 aliphatic heterocycles. The zero-order valence-electron chi connectivity index (χ0n) is 12.5. The van der Waals surface area contributed by atoms with Gasteiger partial charge < -0.3 is 14.4 Å². The molecule has 1 aromatic heterocycles. The molecule has 21 heavy (non-hydrogen) atoms. The number of likely N-dealkylation sites (tertiary alicyclic amines) is 1. The Balaban J connectivity index is 1.71. The van der Waals surface area contributed by atoms with Crippen LogP contribution >= 0.6 is 0 Å². The minimum Gasteiger partial charge on any atom is -0.481 e. The van der Waals surface area contributed by atoms with Crippen LogP contribution in [0.2, 0.25) is 0 Å². The van der Waals surface area contributed by atoms with Crippen molar-refractivity contribution in [3.63, 3.8) is 0 Å². The molecule has 6 heteroatoms. The van der Waals surface area contributed by atoms with Crippen molar-refractivity contribution in [1.82, 2.24) is 10.1 Å².